The van der Waals surface area contributed by atoms with Crippen molar-refractivity contribution in [3.05, 3.63) is 94.5 Å². The lowest BCUT2D eigenvalue weighted by molar-refractivity contribution is -0.117. The Morgan fingerprint density at radius 2 is 1.56 bits per heavy atom. The highest BCUT2D eigenvalue weighted by Gasteiger charge is 2.44. The third-order valence-corrected chi connectivity index (χ3v) is 6.61. The van der Waals surface area contributed by atoms with E-state index in [0.29, 0.717) is 56.1 Å². The maximum absolute atomic E-state index is 13.7. The van der Waals surface area contributed by atoms with E-state index >= 15 is 0 Å². The number of hydrazine groups is 1. The Labute approximate surface area is 188 Å². The molecule has 0 amide bonds. The number of allylic oxidation sites excluding steroid dienone is 3. The van der Waals surface area contributed by atoms with E-state index in [2.05, 4.69) is 23.2 Å². The van der Waals surface area contributed by atoms with Crippen molar-refractivity contribution in [1.82, 2.24) is 10.0 Å². The van der Waals surface area contributed by atoms with Crippen LogP contribution in [0.5, 0.6) is 0 Å². The summed E-state index contributed by atoms with van der Waals surface area (Å²) in [5.41, 5.74) is 10.8. The predicted molar refractivity (Wildman–Crippen MR) is 121 cm³/mol. The number of benzene rings is 2. The van der Waals surface area contributed by atoms with Gasteiger partial charge in [0.25, 0.3) is 0 Å². The summed E-state index contributed by atoms with van der Waals surface area (Å²) in [5.74, 6) is 0.160. The zero-order chi connectivity index (χ0) is 22.1. The molecule has 2 N–H and O–H groups in total. The average Bonchev–Trinajstić information content (AvgIpc) is 2.85. The summed E-state index contributed by atoms with van der Waals surface area (Å²) >= 11 is 0. The lowest BCUT2D eigenvalue weighted by atomic mass is 9.72. The summed E-state index contributed by atoms with van der Waals surface area (Å²) in [4.78, 5) is 13.7. The van der Waals surface area contributed by atoms with Crippen molar-refractivity contribution in [1.29, 1.82) is 5.26 Å². The van der Waals surface area contributed by atoms with E-state index in [1.807, 2.05) is 53.5 Å². The van der Waals surface area contributed by atoms with Crippen LogP contribution >= 0.6 is 0 Å². The second-order valence-corrected chi connectivity index (χ2v) is 8.43. The molecule has 2 aliphatic heterocycles. The number of carbonyl (C=O) groups is 1. The Morgan fingerprint density at radius 3 is 2.19 bits per heavy atom. The van der Waals surface area contributed by atoms with Gasteiger partial charge in [0.1, 0.15) is 5.82 Å². The molecule has 32 heavy (non-hydrogen) atoms. The van der Waals surface area contributed by atoms with E-state index in [4.69, 9.17) is 10.5 Å². The van der Waals surface area contributed by atoms with Gasteiger partial charge in [-0.2, -0.15) is 5.26 Å². The number of hydrogen-bond donors (Lipinski definition) is 1. The molecule has 0 radical (unpaired) electrons. The summed E-state index contributed by atoms with van der Waals surface area (Å²) in [7, 11) is 0. The Bertz CT molecular complexity index is 1110. The molecule has 0 saturated carbocycles. The molecule has 3 aliphatic rings. The molecule has 2 heterocycles. The molecular formula is C26H26N4O2. The van der Waals surface area contributed by atoms with Crippen molar-refractivity contribution in [2.75, 3.05) is 26.3 Å². The molecule has 2 aromatic rings. The van der Waals surface area contributed by atoms with Crippen LogP contribution in [-0.4, -0.2) is 42.1 Å². The Morgan fingerprint density at radius 1 is 0.938 bits per heavy atom. The Kier molecular flexibility index (Phi) is 5.52. The van der Waals surface area contributed by atoms with Crippen LogP contribution < -0.4 is 5.73 Å². The highest BCUT2D eigenvalue weighted by atomic mass is 16.5. The van der Waals surface area contributed by atoms with Gasteiger partial charge in [0, 0.05) is 30.8 Å². The minimum absolute atomic E-state index is 0.0823. The third kappa shape index (κ3) is 3.50. The molecule has 0 spiro atoms. The first-order chi connectivity index (χ1) is 15.7. The summed E-state index contributed by atoms with van der Waals surface area (Å²) in [5, 5.41) is 14.2. The molecule has 1 fully saturated rings. The van der Waals surface area contributed by atoms with E-state index in [9.17, 15) is 10.1 Å². The first-order valence-electron chi connectivity index (χ1n) is 11.1. The van der Waals surface area contributed by atoms with Crippen LogP contribution in [0.2, 0.25) is 0 Å². The molecule has 5 rings (SSSR count). The molecule has 0 unspecified atom stereocenters. The Hall–Kier alpha value is -3.40. The van der Waals surface area contributed by atoms with Crippen molar-refractivity contribution in [3.8, 4) is 6.07 Å². The van der Waals surface area contributed by atoms with Crippen molar-refractivity contribution in [3.63, 3.8) is 0 Å². The number of nitrogens with zero attached hydrogens (tertiary/aromatic N) is 3. The minimum Gasteiger partial charge on any atom is -0.383 e. The lowest BCUT2D eigenvalue weighted by Crippen LogP contribution is -2.52. The van der Waals surface area contributed by atoms with Crippen LogP contribution in [0.1, 0.15) is 35.8 Å². The third-order valence-electron chi connectivity index (χ3n) is 6.61. The maximum atomic E-state index is 13.7. The first-order valence-corrected chi connectivity index (χ1v) is 11.1. The molecule has 1 aliphatic carbocycles. The molecule has 2 aromatic carbocycles. The number of morpholine rings is 1. The van der Waals surface area contributed by atoms with Gasteiger partial charge in [-0.3, -0.25) is 9.80 Å². The SMILES string of the molecule is N#CC1=C(N)N(N2CCOCC2)C2=C(C(=O)C[C@@H](c3ccccc3)C2)[C@@H]1c1ccccc1. The molecule has 0 aromatic heterocycles. The largest absolute Gasteiger partial charge is 0.383 e. The van der Waals surface area contributed by atoms with Crippen LogP contribution in [0.4, 0.5) is 0 Å². The molecule has 6 heteroatoms. The summed E-state index contributed by atoms with van der Waals surface area (Å²) < 4.78 is 5.54. The number of carbonyl (C=O) groups excluding carboxylic acids is 1. The molecule has 6 nitrogen and oxygen atoms in total. The number of Topliss-reactive ketones (excluding diaryl/α,β-unsaturated/α-hetero) is 1. The van der Waals surface area contributed by atoms with Gasteiger partial charge in [0.05, 0.1) is 30.8 Å². The summed E-state index contributed by atoms with van der Waals surface area (Å²) in [6.45, 7) is 2.51. The zero-order valence-corrected chi connectivity index (χ0v) is 17.9. The normalized spacial score (nSPS) is 24.3. The van der Waals surface area contributed by atoms with Gasteiger partial charge in [-0.1, -0.05) is 60.7 Å². The fourth-order valence-corrected chi connectivity index (χ4v) is 5.13. The highest BCUT2D eigenvalue weighted by molar-refractivity contribution is 6.00. The molecular weight excluding hydrogens is 400 g/mol. The van der Waals surface area contributed by atoms with Crippen molar-refractivity contribution in [2.45, 2.75) is 24.7 Å². The van der Waals surface area contributed by atoms with Crippen LogP contribution in [0, 0.1) is 11.3 Å². The van der Waals surface area contributed by atoms with Gasteiger partial charge in [0.2, 0.25) is 0 Å². The lowest BCUT2D eigenvalue weighted by Gasteiger charge is -2.47. The summed E-state index contributed by atoms with van der Waals surface area (Å²) in [6.07, 6.45) is 1.13. The van der Waals surface area contributed by atoms with Crippen LogP contribution in [0.3, 0.4) is 0 Å². The van der Waals surface area contributed by atoms with E-state index in [1.165, 1.54) is 0 Å². The Balaban J connectivity index is 1.66. The molecule has 162 valence electrons. The topological polar surface area (TPSA) is 82.6 Å². The number of hydrogen-bond acceptors (Lipinski definition) is 6. The summed E-state index contributed by atoms with van der Waals surface area (Å²) in [6, 6.07) is 22.3. The minimum atomic E-state index is -0.433. The van der Waals surface area contributed by atoms with Crippen molar-refractivity contribution in [2.24, 2.45) is 5.73 Å². The fourth-order valence-electron chi connectivity index (χ4n) is 5.13. The van der Waals surface area contributed by atoms with Crippen LogP contribution in [0.15, 0.2) is 83.3 Å². The van der Waals surface area contributed by atoms with Crippen molar-refractivity contribution < 1.29 is 9.53 Å². The highest BCUT2D eigenvalue weighted by Crippen LogP contribution is 2.48. The second kappa shape index (κ2) is 8.62. The average molecular weight is 427 g/mol. The van der Waals surface area contributed by atoms with E-state index in [1.54, 1.807) is 0 Å². The smallest absolute Gasteiger partial charge is 0.162 e. The van der Waals surface area contributed by atoms with Crippen molar-refractivity contribution >= 4 is 5.78 Å². The standard InChI is InChI=1S/C26H26N4O2/c27-17-21-24(19-9-5-2-6-10-19)25-22(30(26(21)28)29-11-13-32-14-12-29)15-20(16-23(25)31)18-7-3-1-4-8-18/h1-10,20,24H,11-16,28H2/t20-,24+/m0/s1. The molecule has 0 bridgehead atoms. The zero-order valence-electron chi connectivity index (χ0n) is 17.9. The number of nitriles is 1. The maximum Gasteiger partial charge on any atom is 0.162 e. The van der Waals surface area contributed by atoms with Gasteiger partial charge in [-0.25, -0.2) is 5.01 Å². The van der Waals surface area contributed by atoms with Gasteiger partial charge in [0.15, 0.2) is 5.78 Å². The van der Waals surface area contributed by atoms with Gasteiger partial charge in [-0.15, -0.1) is 0 Å². The molecule has 1 saturated heterocycles. The van der Waals surface area contributed by atoms with Crippen LogP contribution in [0.25, 0.3) is 0 Å². The van der Waals surface area contributed by atoms with Gasteiger partial charge in [-0.05, 0) is 23.5 Å². The monoisotopic (exact) mass is 426 g/mol. The quantitative estimate of drug-likeness (QED) is 0.810. The number of ether oxygens (including phenoxy) is 1. The van der Waals surface area contributed by atoms with E-state index in [0.717, 1.165) is 16.8 Å². The first kappa shape index (κ1) is 20.5. The van der Waals surface area contributed by atoms with Gasteiger partial charge < -0.3 is 10.5 Å². The predicted octanol–water partition coefficient (Wildman–Crippen LogP) is 3.43. The number of nitrogens with two attached hydrogens (primary N) is 1. The number of rotatable bonds is 3. The molecule has 2 atom stereocenters. The van der Waals surface area contributed by atoms with E-state index in [-0.39, 0.29) is 11.7 Å². The number of ketones is 1. The van der Waals surface area contributed by atoms with E-state index < -0.39 is 5.92 Å². The second-order valence-electron chi connectivity index (χ2n) is 8.43. The van der Waals surface area contributed by atoms with Crippen LogP contribution in [-0.2, 0) is 9.53 Å². The van der Waals surface area contributed by atoms with Gasteiger partial charge >= 0.3 is 0 Å². The fraction of sp³-hybridized carbons (Fsp3) is 0.308.